The van der Waals surface area contributed by atoms with Crippen molar-refractivity contribution in [3.05, 3.63) is 94.2 Å². The van der Waals surface area contributed by atoms with Gasteiger partial charge < -0.3 is 13.7 Å². The summed E-state index contributed by atoms with van der Waals surface area (Å²) in [5, 5.41) is 6.30. The Kier molecular flexibility index (Phi) is 6.49. The van der Waals surface area contributed by atoms with Gasteiger partial charge in [-0.1, -0.05) is 61.9 Å². The standard InChI is InChI=1S/C28H26N4O4/c1-3-4-12-24-29-23-11-7-10-22(27(33)35-2)25(23)32(24)17-18-13-15-19(16-14-18)20-8-5-6-9-21(20)26-30-31-28(34)36-26/h5-11,13-16H,3-4,12,17H2,1-2H3,(H,31,34). The van der Waals surface area contributed by atoms with Crippen molar-refractivity contribution < 1.29 is 13.9 Å². The lowest BCUT2D eigenvalue weighted by Crippen LogP contribution is -2.09. The van der Waals surface area contributed by atoms with Gasteiger partial charge in [0.1, 0.15) is 5.82 Å². The molecular weight excluding hydrogens is 456 g/mol. The zero-order valence-corrected chi connectivity index (χ0v) is 20.2. The van der Waals surface area contributed by atoms with E-state index in [-0.39, 0.29) is 11.9 Å². The van der Waals surface area contributed by atoms with Crippen LogP contribution >= 0.6 is 0 Å². The molecule has 0 amide bonds. The highest BCUT2D eigenvalue weighted by Crippen LogP contribution is 2.31. The summed E-state index contributed by atoms with van der Waals surface area (Å²) in [5.74, 6) is 0.236. The number of esters is 1. The number of H-pyrrole nitrogens is 1. The second-order valence-electron chi connectivity index (χ2n) is 8.54. The molecule has 0 unspecified atom stereocenters. The molecule has 5 aromatic rings. The van der Waals surface area contributed by atoms with Crippen LogP contribution in [0.25, 0.3) is 33.6 Å². The van der Waals surface area contributed by atoms with E-state index >= 15 is 0 Å². The number of nitrogens with zero attached hydrogens (tertiary/aromatic N) is 3. The molecule has 2 aromatic heterocycles. The van der Waals surface area contributed by atoms with E-state index < -0.39 is 5.76 Å². The maximum absolute atomic E-state index is 12.5. The predicted octanol–water partition coefficient (Wildman–Crippen LogP) is 5.22. The Labute approximate surface area is 207 Å². The van der Waals surface area contributed by atoms with E-state index in [9.17, 15) is 9.59 Å². The third-order valence-electron chi connectivity index (χ3n) is 6.21. The first-order chi connectivity index (χ1) is 17.6. The summed E-state index contributed by atoms with van der Waals surface area (Å²) in [7, 11) is 1.39. The van der Waals surface area contributed by atoms with Crippen molar-refractivity contribution in [2.45, 2.75) is 32.7 Å². The summed E-state index contributed by atoms with van der Waals surface area (Å²) < 4.78 is 12.3. The molecule has 0 aliphatic heterocycles. The third-order valence-corrected chi connectivity index (χ3v) is 6.21. The smallest absolute Gasteiger partial charge is 0.434 e. The second kappa shape index (κ2) is 10.0. The molecule has 0 saturated heterocycles. The number of methoxy groups -OCH3 is 1. The molecule has 2 heterocycles. The molecule has 0 saturated carbocycles. The first kappa shape index (κ1) is 23.3. The number of aromatic nitrogens is 4. The van der Waals surface area contributed by atoms with Crippen molar-refractivity contribution in [2.75, 3.05) is 7.11 Å². The predicted molar refractivity (Wildman–Crippen MR) is 137 cm³/mol. The molecule has 182 valence electrons. The number of para-hydroxylation sites is 1. The monoisotopic (exact) mass is 482 g/mol. The molecule has 0 aliphatic carbocycles. The van der Waals surface area contributed by atoms with E-state index in [4.69, 9.17) is 14.1 Å². The number of imidazole rings is 1. The minimum atomic E-state index is -0.590. The topological polar surface area (TPSA) is 103 Å². The lowest BCUT2D eigenvalue weighted by molar-refractivity contribution is 0.0602. The van der Waals surface area contributed by atoms with Crippen LogP contribution < -0.4 is 5.76 Å². The third kappa shape index (κ3) is 4.45. The number of hydrogen-bond acceptors (Lipinski definition) is 6. The van der Waals surface area contributed by atoms with E-state index in [0.29, 0.717) is 12.1 Å². The van der Waals surface area contributed by atoms with E-state index in [0.717, 1.165) is 58.4 Å². The van der Waals surface area contributed by atoms with Crippen LogP contribution in [-0.4, -0.2) is 32.8 Å². The summed E-state index contributed by atoms with van der Waals surface area (Å²) in [6.07, 6.45) is 2.89. The average Bonchev–Trinajstić information content (AvgIpc) is 3.50. The SMILES string of the molecule is CCCCc1nc2cccc(C(=O)OC)c2n1Cc1ccc(-c2ccccc2-c2n[nH]c(=O)o2)cc1. The van der Waals surface area contributed by atoms with Gasteiger partial charge in [0.2, 0.25) is 5.89 Å². The summed E-state index contributed by atoms with van der Waals surface area (Å²) >= 11 is 0. The molecule has 8 heteroatoms. The number of ether oxygens (including phenoxy) is 1. The fourth-order valence-corrected chi connectivity index (χ4v) is 4.44. The van der Waals surface area contributed by atoms with E-state index in [1.165, 1.54) is 7.11 Å². The van der Waals surface area contributed by atoms with Crippen molar-refractivity contribution in [1.29, 1.82) is 0 Å². The highest BCUT2D eigenvalue weighted by Gasteiger charge is 2.19. The number of fused-ring (bicyclic) bond motifs is 1. The molecule has 0 fully saturated rings. The van der Waals surface area contributed by atoms with Gasteiger partial charge in [0.25, 0.3) is 0 Å². The molecule has 3 aromatic carbocycles. The van der Waals surface area contributed by atoms with E-state index in [1.54, 1.807) is 6.07 Å². The summed E-state index contributed by atoms with van der Waals surface area (Å²) in [6, 6.07) is 21.4. The first-order valence-corrected chi connectivity index (χ1v) is 11.9. The lowest BCUT2D eigenvalue weighted by Gasteiger charge is -2.12. The number of rotatable bonds is 8. The largest absolute Gasteiger partial charge is 0.465 e. The van der Waals surface area contributed by atoms with Crippen LogP contribution in [0.3, 0.4) is 0 Å². The number of benzene rings is 3. The number of nitrogens with one attached hydrogen (secondary N) is 1. The highest BCUT2D eigenvalue weighted by atomic mass is 16.5. The van der Waals surface area contributed by atoms with Crippen LogP contribution in [0.5, 0.6) is 0 Å². The molecule has 36 heavy (non-hydrogen) atoms. The van der Waals surface area contributed by atoms with Gasteiger partial charge >= 0.3 is 11.7 Å². The molecule has 5 rings (SSSR count). The van der Waals surface area contributed by atoms with Crippen molar-refractivity contribution in [3.63, 3.8) is 0 Å². The molecule has 0 spiro atoms. The van der Waals surface area contributed by atoms with E-state index in [1.807, 2.05) is 48.5 Å². The van der Waals surface area contributed by atoms with Gasteiger partial charge in [-0.2, -0.15) is 0 Å². The Hall–Kier alpha value is -4.46. The van der Waals surface area contributed by atoms with Gasteiger partial charge in [0.15, 0.2) is 0 Å². The van der Waals surface area contributed by atoms with Crippen LogP contribution in [0.1, 0.15) is 41.5 Å². The van der Waals surface area contributed by atoms with Crippen LogP contribution in [0.15, 0.2) is 75.9 Å². The van der Waals surface area contributed by atoms with Crippen molar-refractivity contribution in [1.82, 2.24) is 19.7 Å². The second-order valence-corrected chi connectivity index (χ2v) is 8.54. The molecule has 0 radical (unpaired) electrons. The first-order valence-electron chi connectivity index (χ1n) is 11.9. The van der Waals surface area contributed by atoms with Crippen molar-refractivity contribution in [3.8, 4) is 22.6 Å². The Morgan fingerprint density at radius 1 is 1.03 bits per heavy atom. The van der Waals surface area contributed by atoms with Gasteiger partial charge in [0.05, 0.1) is 23.7 Å². The van der Waals surface area contributed by atoms with Crippen LogP contribution in [-0.2, 0) is 17.7 Å². The van der Waals surface area contributed by atoms with Gasteiger partial charge in [-0.05, 0) is 41.3 Å². The van der Waals surface area contributed by atoms with Gasteiger partial charge in [0, 0.05) is 18.5 Å². The van der Waals surface area contributed by atoms with Crippen LogP contribution in [0, 0.1) is 0 Å². The molecule has 8 nitrogen and oxygen atoms in total. The van der Waals surface area contributed by atoms with Crippen LogP contribution in [0.2, 0.25) is 0 Å². The fraction of sp³-hybridized carbons (Fsp3) is 0.214. The number of carbonyl (C=O) groups is 1. The number of unbranched alkanes of at least 4 members (excludes halogenated alkanes) is 1. The zero-order chi connectivity index (χ0) is 25.1. The Morgan fingerprint density at radius 2 is 1.81 bits per heavy atom. The summed E-state index contributed by atoms with van der Waals surface area (Å²) in [5.41, 5.74) is 5.76. The Balaban J connectivity index is 1.52. The van der Waals surface area contributed by atoms with Crippen molar-refractivity contribution in [2.24, 2.45) is 0 Å². The maximum atomic E-state index is 12.5. The number of hydrogen-bond donors (Lipinski definition) is 1. The van der Waals surface area contributed by atoms with Gasteiger partial charge in [-0.3, -0.25) is 0 Å². The normalized spacial score (nSPS) is 11.2. The minimum absolute atomic E-state index is 0.250. The minimum Gasteiger partial charge on any atom is -0.465 e. The molecular formula is C28H26N4O4. The molecule has 0 atom stereocenters. The quantitative estimate of drug-likeness (QED) is 0.304. The van der Waals surface area contributed by atoms with E-state index in [2.05, 4.69) is 33.8 Å². The molecule has 0 bridgehead atoms. The summed E-state index contributed by atoms with van der Waals surface area (Å²) in [4.78, 5) is 28.8. The fourth-order valence-electron chi connectivity index (χ4n) is 4.44. The van der Waals surface area contributed by atoms with Crippen molar-refractivity contribution >= 4 is 17.0 Å². The Morgan fingerprint density at radius 3 is 2.50 bits per heavy atom. The average molecular weight is 483 g/mol. The lowest BCUT2D eigenvalue weighted by atomic mass is 9.98. The Bertz CT molecular complexity index is 1580. The number of aryl methyl sites for hydroxylation is 1. The highest BCUT2D eigenvalue weighted by molar-refractivity contribution is 6.02. The van der Waals surface area contributed by atoms with Gasteiger partial charge in [-0.25, -0.2) is 19.7 Å². The summed E-state index contributed by atoms with van der Waals surface area (Å²) in [6.45, 7) is 2.72. The van der Waals surface area contributed by atoms with Crippen LogP contribution in [0.4, 0.5) is 0 Å². The zero-order valence-electron chi connectivity index (χ0n) is 20.2. The number of aromatic amines is 1. The maximum Gasteiger partial charge on any atom is 0.434 e. The number of carbonyl (C=O) groups excluding carboxylic acids is 1. The molecule has 0 aliphatic rings. The van der Waals surface area contributed by atoms with Gasteiger partial charge in [-0.15, -0.1) is 5.10 Å². The molecule has 1 N–H and O–H groups in total.